The predicted molar refractivity (Wildman–Crippen MR) is 90.4 cm³/mol. The van der Waals surface area contributed by atoms with Crippen molar-refractivity contribution < 1.29 is 32.0 Å². The summed E-state index contributed by atoms with van der Waals surface area (Å²) in [6.45, 7) is 1.61. The lowest BCUT2D eigenvalue weighted by Crippen LogP contribution is -2.40. The molecule has 0 bridgehead atoms. The summed E-state index contributed by atoms with van der Waals surface area (Å²) in [5.74, 6) is -2.68. The number of esters is 2. The van der Waals surface area contributed by atoms with E-state index in [2.05, 4.69) is 0 Å². The fourth-order valence-electron chi connectivity index (χ4n) is 3.89. The second kappa shape index (κ2) is 8.49. The highest BCUT2D eigenvalue weighted by molar-refractivity contribution is 7.85. The Labute approximate surface area is 149 Å². The Bertz CT molecular complexity index is 578. The Morgan fingerprint density at radius 3 is 2.12 bits per heavy atom. The maximum Gasteiger partial charge on any atom is 0.310 e. The van der Waals surface area contributed by atoms with Crippen LogP contribution in [-0.2, 0) is 29.2 Å². The highest BCUT2D eigenvalue weighted by Gasteiger charge is 2.42. The molecule has 1 N–H and O–H groups in total. The fourth-order valence-corrected chi connectivity index (χ4v) is 4.18. The lowest BCUT2D eigenvalue weighted by Gasteiger charge is -2.33. The number of ether oxygens (including phenoxy) is 2. The van der Waals surface area contributed by atoms with Crippen molar-refractivity contribution in [2.24, 2.45) is 11.8 Å². The molecule has 0 spiro atoms. The van der Waals surface area contributed by atoms with Crippen molar-refractivity contribution in [2.45, 2.75) is 70.3 Å². The van der Waals surface area contributed by atoms with Crippen molar-refractivity contribution in [2.75, 3.05) is 12.4 Å². The Kier molecular flexibility index (Phi) is 6.85. The number of rotatable bonds is 7. The van der Waals surface area contributed by atoms with Gasteiger partial charge in [-0.3, -0.25) is 14.1 Å². The van der Waals surface area contributed by atoms with Gasteiger partial charge in [-0.15, -0.1) is 0 Å². The molecule has 0 aromatic heterocycles. The van der Waals surface area contributed by atoms with E-state index in [1.807, 2.05) is 6.92 Å². The summed E-state index contributed by atoms with van der Waals surface area (Å²) in [7, 11) is -4.18. The van der Waals surface area contributed by atoms with Gasteiger partial charge in [-0.05, 0) is 44.9 Å². The Morgan fingerprint density at radius 2 is 1.60 bits per heavy atom. The van der Waals surface area contributed by atoms with E-state index >= 15 is 0 Å². The van der Waals surface area contributed by atoms with E-state index in [4.69, 9.17) is 14.0 Å². The van der Waals surface area contributed by atoms with Gasteiger partial charge < -0.3 is 9.47 Å². The SMILES string of the molecule is CCC1(OC(=O)C2CCCCC2C(=O)OCCS(=O)(=O)O)CCCC1. The third-order valence-electron chi connectivity index (χ3n) is 5.43. The van der Waals surface area contributed by atoms with Crippen LogP contribution in [0.1, 0.15) is 64.7 Å². The van der Waals surface area contributed by atoms with Crippen molar-refractivity contribution in [3.05, 3.63) is 0 Å². The molecule has 2 fully saturated rings. The molecule has 2 aliphatic carbocycles. The monoisotopic (exact) mass is 376 g/mol. The van der Waals surface area contributed by atoms with E-state index in [1.54, 1.807) is 0 Å². The van der Waals surface area contributed by atoms with E-state index in [0.717, 1.165) is 44.9 Å². The summed E-state index contributed by atoms with van der Waals surface area (Å²) in [6, 6.07) is 0. The molecule has 0 radical (unpaired) electrons. The Hall–Kier alpha value is -1.15. The first kappa shape index (κ1) is 20.2. The largest absolute Gasteiger partial charge is 0.464 e. The average molecular weight is 376 g/mol. The van der Waals surface area contributed by atoms with Gasteiger partial charge in [-0.25, -0.2) is 0 Å². The summed E-state index contributed by atoms with van der Waals surface area (Å²) in [5, 5.41) is 0. The number of hydrogen-bond acceptors (Lipinski definition) is 6. The summed E-state index contributed by atoms with van der Waals surface area (Å²) in [6.07, 6.45) is 7.39. The fraction of sp³-hybridized carbons (Fsp3) is 0.882. The maximum absolute atomic E-state index is 12.7. The molecule has 8 heteroatoms. The van der Waals surface area contributed by atoms with Gasteiger partial charge in [0.25, 0.3) is 10.1 Å². The van der Waals surface area contributed by atoms with Crippen molar-refractivity contribution in [1.82, 2.24) is 0 Å². The average Bonchev–Trinajstić information content (AvgIpc) is 3.02. The zero-order chi connectivity index (χ0) is 18.5. The standard InChI is InChI=1S/C17H28O7S/c1-2-17(9-5-6-10-17)24-16(19)14-8-4-3-7-13(14)15(18)23-11-12-25(20,21)22/h13-14H,2-12H2,1H3,(H,20,21,22). The van der Waals surface area contributed by atoms with E-state index in [1.165, 1.54) is 0 Å². The smallest absolute Gasteiger partial charge is 0.310 e. The molecule has 0 saturated heterocycles. The zero-order valence-corrected chi connectivity index (χ0v) is 15.6. The molecule has 144 valence electrons. The molecule has 7 nitrogen and oxygen atoms in total. The second-order valence-corrected chi connectivity index (χ2v) is 8.69. The van der Waals surface area contributed by atoms with Crippen molar-refractivity contribution in [1.29, 1.82) is 0 Å². The molecule has 0 aromatic rings. The third-order valence-corrected chi connectivity index (χ3v) is 6.12. The Balaban J connectivity index is 1.96. The van der Waals surface area contributed by atoms with Gasteiger partial charge in [0, 0.05) is 0 Å². The van der Waals surface area contributed by atoms with Gasteiger partial charge in [-0.1, -0.05) is 19.8 Å². The van der Waals surface area contributed by atoms with Crippen LogP contribution in [0.25, 0.3) is 0 Å². The van der Waals surface area contributed by atoms with Crippen molar-refractivity contribution >= 4 is 22.1 Å². The van der Waals surface area contributed by atoms with Gasteiger partial charge >= 0.3 is 11.9 Å². The third kappa shape index (κ3) is 5.67. The van der Waals surface area contributed by atoms with Crippen LogP contribution < -0.4 is 0 Å². The first-order valence-electron chi connectivity index (χ1n) is 9.11. The van der Waals surface area contributed by atoms with Gasteiger partial charge in [0.2, 0.25) is 0 Å². The topological polar surface area (TPSA) is 107 Å². The molecule has 0 heterocycles. The van der Waals surface area contributed by atoms with Crippen LogP contribution >= 0.6 is 0 Å². The van der Waals surface area contributed by atoms with E-state index in [0.29, 0.717) is 12.8 Å². The lowest BCUT2D eigenvalue weighted by atomic mass is 9.79. The molecule has 0 amide bonds. The molecule has 0 aromatic carbocycles. The van der Waals surface area contributed by atoms with Gasteiger partial charge in [0.1, 0.15) is 18.0 Å². The normalized spacial score (nSPS) is 26.2. The van der Waals surface area contributed by atoms with Crippen LogP contribution in [0.15, 0.2) is 0 Å². The molecule has 25 heavy (non-hydrogen) atoms. The van der Waals surface area contributed by atoms with Gasteiger partial charge in [-0.2, -0.15) is 8.42 Å². The molecule has 2 aliphatic rings. The minimum Gasteiger partial charge on any atom is -0.464 e. The number of carbonyl (C=O) groups excluding carboxylic acids is 2. The minimum absolute atomic E-state index is 0.333. The molecule has 2 saturated carbocycles. The van der Waals surface area contributed by atoms with Crippen LogP contribution in [-0.4, -0.2) is 42.9 Å². The van der Waals surface area contributed by atoms with E-state index in [9.17, 15) is 18.0 Å². The minimum atomic E-state index is -4.18. The summed E-state index contributed by atoms with van der Waals surface area (Å²) >= 11 is 0. The lowest BCUT2D eigenvalue weighted by molar-refractivity contribution is -0.173. The Morgan fingerprint density at radius 1 is 1.04 bits per heavy atom. The van der Waals surface area contributed by atoms with Crippen LogP contribution in [0.2, 0.25) is 0 Å². The predicted octanol–water partition coefficient (Wildman–Crippen LogP) is 2.49. The molecule has 0 aliphatic heterocycles. The molecular weight excluding hydrogens is 348 g/mol. The van der Waals surface area contributed by atoms with Crippen LogP contribution in [0, 0.1) is 11.8 Å². The number of hydrogen-bond donors (Lipinski definition) is 1. The molecular formula is C17H28O7S. The van der Waals surface area contributed by atoms with Crippen LogP contribution in [0.3, 0.4) is 0 Å². The number of carbonyl (C=O) groups is 2. The molecule has 2 unspecified atom stereocenters. The van der Waals surface area contributed by atoms with Crippen molar-refractivity contribution in [3.8, 4) is 0 Å². The van der Waals surface area contributed by atoms with E-state index < -0.39 is 45.9 Å². The van der Waals surface area contributed by atoms with Crippen LogP contribution in [0.5, 0.6) is 0 Å². The van der Waals surface area contributed by atoms with Gasteiger partial charge in [0.15, 0.2) is 0 Å². The second-order valence-electron chi connectivity index (χ2n) is 7.12. The summed E-state index contributed by atoms with van der Waals surface area (Å²) < 4.78 is 40.9. The molecule has 2 atom stereocenters. The highest BCUT2D eigenvalue weighted by atomic mass is 32.2. The van der Waals surface area contributed by atoms with Crippen molar-refractivity contribution in [3.63, 3.8) is 0 Å². The van der Waals surface area contributed by atoms with E-state index in [-0.39, 0.29) is 5.97 Å². The first-order chi connectivity index (χ1) is 11.8. The molecule has 2 rings (SSSR count). The summed E-state index contributed by atoms with van der Waals surface area (Å²) in [5.41, 5.74) is -0.395. The van der Waals surface area contributed by atoms with Crippen LogP contribution in [0.4, 0.5) is 0 Å². The maximum atomic E-state index is 12.7. The highest BCUT2D eigenvalue weighted by Crippen LogP contribution is 2.39. The first-order valence-corrected chi connectivity index (χ1v) is 10.7. The summed E-state index contributed by atoms with van der Waals surface area (Å²) in [4.78, 5) is 25.0. The van der Waals surface area contributed by atoms with Gasteiger partial charge in [0.05, 0.1) is 11.8 Å². The zero-order valence-electron chi connectivity index (χ0n) is 14.7. The quantitative estimate of drug-likeness (QED) is 0.537.